The molecule has 0 radical (unpaired) electrons. The summed E-state index contributed by atoms with van der Waals surface area (Å²) in [6.07, 6.45) is 1.79. The third-order valence-electron chi connectivity index (χ3n) is 2.93. The maximum Gasteiger partial charge on any atom is 0.0760 e. The van der Waals surface area contributed by atoms with Crippen molar-refractivity contribution in [2.45, 2.75) is 19.5 Å². The summed E-state index contributed by atoms with van der Waals surface area (Å²) in [5.41, 5.74) is 2.03. The Morgan fingerprint density at radius 3 is 2.78 bits per heavy atom. The quantitative estimate of drug-likeness (QED) is 0.931. The van der Waals surface area contributed by atoms with Crippen LogP contribution in [0.3, 0.4) is 0 Å². The van der Waals surface area contributed by atoms with Gasteiger partial charge in [0.2, 0.25) is 0 Å². The van der Waals surface area contributed by atoms with Gasteiger partial charge in [0.05, 0.1) is 21.8 Å². The maximum absolute atomic E-state index is 6.28. The van der Waals surface area contributed by atoms with Gasteiger partial charge >= 0.3 is 0 Å². The fourth-order valence-electron chi connectivity index (χ4n) is 2.06. The standard InChI is InChI=1S/C13H15Cl2N3/c1-3-18-11(7-8-17-18)13(16-2)9-5-4-6-10(14)12(9)15/h4-8,13,16H,3H2,1-2H3. The van der Waals surface area contributed by atoms with Crippen molar-refractivity contribution >= 4 is 23.2 Å². The fraction of sp³-hybridized carbons (Fsp3) is 0.308. The minimum Gasteiger partial charge on any atom is -0.308 e. The van der Waals surface area contributed by atoms with E-state index in [1.165, 1.54) is 0 Å². The van der Waals surface area contributed by atoms with E-state index >= 15 is 0 Å². The van der Waals surface area contributed by atoms with Crippen LogP contribution in [0.1, 0.15) is 24.2 Å². The van der Waals surface area contributed by atoms with E-state index in [1.807, 2.05) is 29.9 Å². The lowest BCUT2D eigenvalue weighted by Gasteiger charge is -2.19. The molecule has 0 fully saturated rings. The van der Waals surface area contributed by atoms with Crippen LogP contribution in [-0.2, 0) is 6.54 Å². The van der Waals surface area contributed by atoms with Crippen LogP contribution in [0.25, 0.3) is 0 Å². The number of aryl methyl sites for hydroxylation is 1. The molecule has 5 heteroatoms. The maximum atomic E-state index is 6.28. The second kappa shape index (κ2) is 5.74. The van der Waals surface area contributed by atoms with E-state index in [0.717, 1.165) is 17.8 Å². The summed E-state index contributed by atoms with van der Waals surface area (Å²) in [7, 11) is 1.90. The third-order valence-corrected chi connectivity index (χ3v) is 3.76. The average molecular weight is 284 g/mol. The van der Waals surface area contributed by atoms with Gasteiger partial charge in [-0.15, -0.1) is 0 Å². The molecule has 96 valence electrons. The molecule has 1 aromatic heterocycles. The predicted octanol–water partition coefficient (Wildman–Crippen LogP) is 3.52. The zero-order valence-corrected chi connectivity index (χ0v) is 11.8. The summed E-state index contributed by atoms with van der Waals surface area (Å²) >= 11 is 12.3. The molecule has 0 aliphatic carbocycles. The van der Waals surface area contributed by atoms with E-state index in [-0.39, 0.29) is 6.04 Å². The van der Waals surface area contributed by atoms with Crippen molar-refractivity contribution in [2.75, 3.05) is 7.05 Å². The first-order chi connectivity index (χ1) is 8.69. The SMILES string of the molecule is CCn1nccc1C(NC)c1cccc(Cl)c1Cl. The first kappa shape index (κ1) is 13.4. The van der Waals surface area contributed by atoms with Crippen molar-refractivity contribution in [2.24, 2.45) is 0 Å². The topological polar surface area (TPSA) is 29.9 Å². The Labute approximate surface area is 117 Å². The molecule has 0 saturated heterocycles. The number of nitrogens with zero attached hydrogens (tertiary/aromatic N) is 2. The highest BCUT2D eigenvalue weighted by Gasteiger charge is 2.19. The Kier molecular flexibility index (Phi) is 4.27. The summed E-state index contributed by atoms with van der Waals surface area (Å²) in [5, 5.41) is 8.69. The van der Waals surface area contributed by atoms with Gasteiger partial charge in [-0.1, -0.05) is 35.3 Å². The van der Waals surface area contributed by atoms with Crippen LogP contribution in [0.15, 0.2) is 30.5 Å². The largest absolute Gasteiger partial charge is 0.308 e. The van der Waals surface area contributed by atoms with E-state index in [9.17, 15) is 0 Å². The Bertz CT molecular complexity index is 537. The smallest absolute Gasteiger partial charge is 0.0760 e. The van der Waals surface area contributed by atoms with Gasteiger partial charge in [-0.3, -0.25) is 4.68 Å². The fourth-order valence-corrected chi connectivity index (χ4v) is 2.48. The van der Waals surface area contributed by atoms with E-state index < -0.39 is 0 Å². The van der Waals surface area contributed by atoms with Crippen LogP contribution < -0.4 is 5.32 Å². The van der Waals surface area contributed by atoms with Crippen molar-refractivity contribution in [1.82, 2.24) is 15.1 Å². The van der Waals surface area contributed by atoms with Crippen molar-refractivity contribution < 1.29 is 0 Å². The van der Waals surface area contributed by atoms with E-state index in [2.05, 4.69) is 17.3 Å². The lowest BCUT2D eigenvalue weighted by Crippen LogP contribution is -2.21. The summed E-state index contributed by atoms with van der Waals surface area (Å²) in [6, 6.07) is 7.64. The highest BCUT2D eigenvalue weighted by molar-refractivity contribution is 6.42. The number of hydrogen-bond donors (Lipinski definition) is 1. The van der Waals surface area contributed by atoms with Gasteiger partial charge in [0, 0.05) is 12.7 Å². The predicted molar refractivity (Wildman–Crippen MR) is 75.3 cm³/mol. The Hall–Kier alpha value is -1.03. The molecule has 18 heavy (non-hydrogen) atoms. The van der Waals surface area contributed by atoms with Gasteiger partial charge in [0.15, 0.2) is 0 Å². The van der Waals surface area contributed by atoms with E-state index in [1.54, 1.807) is 12.3 Å². The van der Waals surface area contributed by atoms with Gasteiger partial charge in [-0.05, 0) is 31.7 Å². The molecule has 0 bridgehead atoms. The van der Waals surface area contributed by atoms with Crippen LogP contribution in [-0.4, -0.2) is 16.8 Å². The van der Waals surface area contributed by atoms with Crippen molar-refractivity contribution in [1.29, 1.82) is 0 Å². The summed E-state index contributed by atoms with van der Waals surface area (Å²) in [5.74, 6) is 0. The number of hydrogen-bond acceptors (Lipinski definition) is 2. The molecule has 0 amide bonds. The Balaban J connectivity index is 2.49. The lowest BCUT2D eigenvalue weighted by molar-refractivity contribution is 0.563. The van der Waals surface area contributed by atoms with Gasteiger partial charge < -0.3 is 5.32 Å². The van der Waals surface area contributed by atoms with Crippen LogP contribution in [0.5, 0.6) is 0 Å². The van der Waals surface area contributed by atoms with Gasteiger partial charge in [-0.2, -0.15) is 5.10 Å². The molecule has 2 aromatic rings. The van der Waals surface area contributed by atoms with Crippen molar-refractivity contribution in [3.8, 4) is 0 Å². The molecule has 1 aromatic carbocycles. The number of benzene rings is 1. The second-order valence-electron chi connectivity index (χ2n) is 3.94. The van der Waals surface area contributed by atoms with Crippen molar-refractivity contribution in [3.63, 3.8) is 0 Å². The van der Waals surface area contributed by atoms with Gasteiger partial charge in [-0.25, -0.2) is 0 Å². The van der Waals surface area contributed by atoms with Gasteiger partial charge in [0.25, 0.3) is 0 Å². The minimum atomic E-state index is -0.0151. The summed E-state index contributed by atoms with van der Waals surface area (Å²) < 4.78 is 1.94. The van der Waals surface area contributed by atoms with Crippen molar-refractivity contribution in [3.05, 3.63) is 51.8 Å². The second-order valence-corrected chi connectivity index (χ2v) is 4.72. The molecule has 1 unspecified atom stereocenters. The molecule has 2 rings (SSSR count). The van der Waals surface area contributed by atoms with Gasteiger partial charge in [0.1, 0.15) is 0 Å². The van der Waals surface area contributed by atoms with Crippen LogP contribution in [0.4, 0.5) is 0 Å². The summed E-state index contributed by atoms with van der Waals surface area (Å²) in [6.45, 7) is 2.88. The highest BCUT2D eigenvalue weighted by atomic mass is 35.5. The number of aromatic nitrogens is 2. The lowest BCUT2D eigenvalue weighted by atomic mass is 10.0. The first-order valence-electron chi connectivity index (χ1n) is 5.82. The molecule has 1 N–H and O–H groups in total. The van der Waals surface area contributed by atoms with Crippen LogP contribution >= 0.6 is 23.2 Å². The normalized spacial score (nSPS) is 12.7. The number of nitrogens with one attached hydrogen (secondary N) is 1. The molecular formula is C13H15Cl2N3. The molecule has 0 saturated carbocycles. The zero-order chi connectivity index (χ0) is 13.1. The first-order valence-corrected chi connectivity index (χ1v) is 6.57. The van der Waals surface area contributed by atoms with Crippen LogP contribution in [0, 0.1) is 0 Å². The molecule has 3 nitrogen and oxygen atoms in total. The average Bonchev–Trinajstić information content (AvgIpc) is 2.83. The molecular weight excluding hydrogens is 269 g/mol. The van der Waals surface area contributed by atoms with E-state index in [4.69, 9.17) is 23.2 Å². The molecule has 1 heterocycles. The summed E-state index contributed by atoms with van der Waals surface area (Å²) in [4.78, 5) is 0. The molecule has 0 spiro atoms. The Morgan fingerprint density at radius 2 is 2.11 bits per heavy atom. The number of halogens is 2. The minimum absolute atomic E-state index is 0.0151. The zero-order valence-electron chi connectivity index (χ0n) is 10.3. The highest BCUT2D eigenvalue weighted by Crippen LogP contribution is 2.32. The number of rotatable bonds is 4. The third kappa shape index (κ3) is 2.39. The molecule has 0 aliphatic heterocycles. The van der Waals surface area contributed by atoms with Crippen LogP contribution in [0.2, 0.25) is 10.0 Å². The van der Waals surface area contributed by atoms with E-state index in [0.29, 0.717) is 10.0 Å². The Morgan fingerprint density at radius 1 is 1.33 bits per heavy atom. The molecule has 1 atom stereocenters. The molecule has 0 aliphatic rings. The monoisotopic (exact) mass is 283 g/mol.